The lowest BCUT2D eigenvalue weighted by Crippen LogP contribution is -2.36. The zero-order valence-electron chi connectivity index (χ0n) is 11.0. The molecule has 0 spiro atoms. The minimum absolute atomic E-state index is 0.291. The lowest BCUT2D eigenvalue weighted by molar-refractivity contribution is -0.115. The summed E-state index contributed by atoms with van der Waals surface area (Å²) in [5, 5.41) is 4.27. The molecule has 0 aromatic carbocycles. The van der Waals surface area contributed by atoms with Crippen LogP contribution in [0.25, 0.3) is 5.52 Å². The summed E-state index contributed by atoms with van der Waals surface area (Å²) in [6.45, 7) is 5.26. The molecular formula is C13H15IN4O. The van der Waals surface area contributed by atoms with Crippen molar-refractivity contribution < 1.29 is 4.79 Å². The first-order valence-electron chi connectivity index (χ1n) is 5.81. The third-order valence-corrected chi connectivity index (χ3v) is 3.94. The quantitative estimate of drug-likeness (QED) is 0.500. The molecule has 0 radical (unpaired) electrons. The Morgan fingerprint density at radius 3 is 2.79 bits per heavy atom. The van der Waals surface area contributed by atoms with E-state index in [2.05, 4.69) is 32.7 Å². The van der Waals surface area contributed by atoms with Gasteiger partial charge in [-0.3, -0.25) is 4.79 Å². The molecule has 0 aliphatic carbocycles. The number of aromatic nitrogens is 2. The van der Waals surface area contributed by atoms with Crippen molar-refractivity contribution >= 4 is 39.9 Å². The fourth-order valence-electron chi connectivity index (χ4n) is 1.78. The second-order valence-electron chi connectivity index (χ2n) is 4.88. The number of rotatable bonds is 2. The maximum Gasteiger partial charge on any atom is 0.244 e. The van der Waals surface area contributed by atoms with Crippen LogP contribution in [0.4, 0.5) is 0 Å². The summed E-state index contributed by atoms with van der Waals surface area (Å²) in [4.78, 5) is 14.9. The van der Waals surface area contributed by atoms with Gasteiger partial charge < -0.3 is 5.73 Å². The van der Waals surface area contributed by atoms with Crippen molar-refractivity contribution in [2.75, 3.05) is 0 Å². The van der Waals surface area contributed by atoms with Gasteiger partial charge >= 0.3 is 0 Å². The molecule has 0 unspecified atom stereocenters. The first-order chi connectivity index (χ1) is 8.82. The van der Waals surface area contributed by atoms with Crippen LogP contribution in [0.5, 0.6) is 0 Å². The number of hydrogen-bond donors (Lipinski definition) is 1. The lowest BCUT2D eigenvalue weighted by atomic mass is 9.84. The summed E-state index contributed by atoms with van der Waals surface area (Å²) >= 11 is 2.24. The third-order valence-electron chi connectivity index (χ3n) is 3.11. The first-order valence-corrected chi connectivity index (χ1v) is 6.89. The molecule has 19 heavy (non-hydrogen) atoms. The van der Waals surface area contributed by atoms with Crippen LogP contribution in [0, 0.1) is 3.57 Å². The predicted octanol–water partition coefficient (Wildman–Crippen LogP) is 2.12. The van der Waals surface area contributed by atoms with E-state index < -0.39 is 5.41 Å². The van der Waals surface area contributed by atoms with Crippen molar-refractivity contribution in [3.05, 3.63) is 33.7 Å². The van der Waals surface area contributed by atoms with E-state index in [-0.39, 0.29) is 5.91 Å². The maximum atomic E-state index is 11.1. The van der Waals surface area contributed by atoms with Gasteiger partial charge in [-0.2, -0.15) is 5.10 Å². The lowest BCUT2D eigenvalue weighted by Gasteiger charge is -2.24. The molecule has 5 nitrogen and oxygen atoms in total. The van der Waals surface area contributed by atoms with Crippen molar-refractivity contribution in [2.45, 2.75) is 26.2 Å². The number of pyridine rings is 1. The Morgan fingerprint density at radius 1 is 1.47 bits per heavy atom. The topological polar surface area (TPSA) is 72.8 Å². The van der Waals surface area contributed by atoms with E-state index in [9.17, 15) is 4.79 Å². The van der Waals surface area contributed by atoms with Crippen molar-refractivity contribution in [2.24, 2.45) is 10.7 Å². The van der Waals surface area contributed by atoms with Crippen molar-refractivity contribution in [3.8, 4) is 0 Å². The summed E-state index contributed by atoms with van der Waals surface area (Å²) < 4.78 is 2.90. The van der Waals surface area contributed by atoms with Gasteiger partial charge in [0.2, 0.25) is 5.91 Å². The monoisotopic (exact) mass is 370 g/mol. The molecule has 0 bridgehead atoms. The highest BCUT2D eigenvalue weighted by molar-refractivity contribution is 14.1. The number of hydrogen-bond acceptors (Lipinski definition) is 2. The molecule has 0 saturated heterocycles. The fourth-order valence-corrected chi connectivity index (χ4v) is 2.33. The maximum absolute atomic E-state index is 11.1. The fraction of sp³-hybridized carbons (Fsp3) is 0.308. The molecule has 100 valence electrons. The van der Waals surface area contributed by atoms with Crippen molar-refractivity contribution in [1.82, 2.24) is 9.61 Å². The van der Waals surface area contributed by atoms with Crippen LogP contribution in [0.15, 0.2) is 29.5 Å². The zero-order chi connectivity index (χ0) is 14.2. The van der Waals surface area contributed by atoms with Gasteiger partial charge in [0.1, 0.15) is 5.84 Å². The Hall–Kier alpha value is -1.44. The summed E-state index contributed by atoms with van der Waals surface area (Å²) in [7, 11) is 0. The normalized spacial score (nSPS) is 12.9. The highest BCUT2D eigenvalue weighted by Crippen LogP contribution is 2.25. The highest BCUT2D eigenvalue weighted by atomic mass is 127. The largest absolute Gasteiger partial charge is 0.386 e. The van der Waals surface area contributed by atoms with Gasteiger partial charge in [-0.15, -0.1) is 0 Å². The van der Waals surface area contributed by atoms with Crippen LogP contribution in [0.2, 0.25) is 0 Å². The van der Waals surface area contributed by atoms with Crippen LogP contribution >= 0.6 is 22.6 Å². The number of fused-ring (bicyclic) bond motifs is 1. The summed E-state index contributed by atoms with van der Waals surface area (Å²) in [6, 6.07) is 3.98. The average molecular weight is 370 g/mol. The second-order valence-corrected chi connectivity index (χ2v) is 6.04. The molecule has 2 aromatic rings. The molecule has 1 amide bonds. The molecule has 2 rings (SSSR count). The molecule has 2 aromatic heterocycles. The number of carbonyl (C=O) groups is 1. The van der Waals surface area contributed by atoms with Crippen LogP contribution in [-0.2, 0) is 10.2 Å². The molecule has 6 heteroatoms. The number of halogens is 1. The van der Waals surface area contributed by atoms with E-state index in [1.807, 2.05) is 32.2 Å². The second kappa shape index (κ2) is 4.92. The van der Waals surface area contributed by atoms with Crippen LogP contribution in [-0.4, -0.2) is 21.4 Å². The van der Waals surface area contributed by atoms with Gasteiger partial charge in [-0.25, -0.2) is 9.51 Å². The Kier molecular flexibility index (Phi) is 3.62. The van der Waals surface area contributed by atoms with Crippen LogP contribution < -0.4 is 5.73 Å². The number of carbonyl (C=O) groups excluding carboxylic acids is 1. The van der Waals surface area contributed by atoms with E-state index in [0.29, 0.717) is 5.84 Å². The third kappa shape index (κ3) is 2.63. The molecule has 0 aliphatic heterocycles. The zero-order valence-corrected chi connectivity index (χ0v) is 13.2. The predicted molar refractivity (Wildman–Crippen MR) is 83.2 cm³/mol. The Labute approximate surface area is 125 Å². The van der Waals surface area contributed by atoms with Crippen molar-refractivity contribution in [1.29, 1.82) is 0 Å². The first kappa shape index (κ1) is 14.0. The molecule has 0 aliphatic rings. The summed E-state index contributed by atoms with van der Waals surface area (Å²) in [6.07, 6.45) is 3.72. The molecule has 0 atom stereocenters. The van der Waals surface area contributed by atoms with Gasteiger partial charge in [-0.1, -0.05) is 6.07 Å². The average Bonchev–Trinajstić information content (AvgIpc) is 2.70. The Balaban J connectivity index is 2.51. The van der Waals surface area contributed by atoms with E-state index in [1.165, 1.54) is 6.92 Å². The standard InChI is InChI=1S/C13H15IN4O/c1-8(19)17-12(15)13(2,3)9-4-5-11-10(14)6-16-18(11)7-9/h4-7H,1-3H3,(H2,15,17,19). The Bertz CT molecular complexity index is 672. The molecule has 2 heterocycles. The molecular weight excluding hydrogens is 355 g/mol. The number of amides is 1. The number of aliphatic imine (C=N–C) groups is 1. The van der Waals surface area contributed by atoms with Gasteiger partial charge in [-0.05, 0) is 48.1 Å². The van der Waals surface area contributed by atoms with E-state index in [0.717, 1.165) is 14.7 Å². The summed E-state index contributed by atoms with van der Waals surface area (Å²) in [5.41, 5.74) is 7.42. The molecule has 0 saturated carbocycles. The van der Waals surface area contributed by atoms with Gasteiger partial charge in [0.05, 0.1) is 15.3 Å². The molecule has 2 N–H and O–H groups in total. The number of nitrogens with zero attached hydrogens (tertiary/aromatic N) is 3. The Morgan fingerprint density at radius 2 is 2.16 bits per heavy atom. The summed E-state index contributed by atoms with van der Waals surface area (Å²) in [5.74, 6) is 0.0153. The number of nitrogens with two attached hydrogens (primary N) is 1. The van der Waals surface area contributed by atoms with Crippen LogP contribution in [0.1, 0.15) is 26.3 Å². The van der Waals surface area contributed by atoms with E-state index >= 15 is 0 Å². The number of amidine groups is 1. The van der Waals surface area contributed by atoms with E-state index in [1.54, 1.807) is 10.7 Å². The van der Waals surface area contributed by atoms with Gasteiger partial charge in [0, 0.05) is 18.5 Å². The van der Waals surface area contributed by atoms with Crippen molar-refractivity contribution in [3.63, 3.8) is 0 Å². The van der Waals surface area contributed by atoms with Crippen LogP contribution in [0.3, 0.4) is 0 Å². The SMILES string of the molecule is CC(=O)N=C(N)C(C)(C)c1ccc2c(I)cnn2c1. The highest BCUT2D eigenvalue weighted by Gasteiger charge is 2.26. The van der Waals surface area contributed by atoms with E-state index in [4.69, 9.17) is 5.73 Å². The smallest absolute Gasteiger partial charge is 0.244 e. The minimum Gasteiger partial charge on any atom is -0.386 e. The molecule has 0 fully saturated rings. The minimum atomic E-state index is -0.517. The van der Waals surface area contributed by atoms with Gasteiger partial charge in [0.15, 0.2) is 0 Å². The van der Waals surface area contributed by atoms with Gasteiger partial charge in [0.25, 0.3) is 0 Å².